The Bertz CT molecular complexity index is 942. The number of nitrogens with zero attached hydrogens (tertiary/aromatic N) is 2. The number of aryl methyl sites for hydroxylation is 3. The van der Waals surface area contributed by atoms with E-state index in [0.29, 0.717) is 43.5 Å². The molecule has 0 radical (unpaired) electrons. The standard InChI is InChI=1S/C22H23N3O4/c26-20(23-14-17-15-27-18-8-4-5-9-19(18)28-17)11-13-22-25-24-21(29-22)12-10-16-6-2-1-3-7-16/h1-9,17H,10-15H2,(H,23,26)/t17-/m0/s1. The summed E-state index contributed by atoms with van der Waals surface area (Å²) in [4.78, 5) is 12.1. The molecule has 29 heavy (non-hydrogen) atoms. The fraction of sp³-hybridized carbons (Fsp3) is 0.318. The number of hydrogen-bond donors (Lipinski definition) is 1. The summed E-state index contributed by atoms with van der Waals surface area (Å²) < 4.78 is 17.1. The van der Waals surface area contributed by atoms with E-state index in [-0.39, 0.29) is 18.4 Å². The van der Waals surface area contributed by atoms with Crippen LogP contribution in [-0.4, -0.2) is 35.4 Å². The van der Waals surface area contributed by atoms with Crippen molar-refractivity contribution < 1.29 is 18.7 Å². The second-order valence-corrected chi connectivity index (χ2v) is 6.88. The van der Waals surface area contributed by atoms with Gasteiger partial charge in [0.15, 0.2) is 11.5 Å². The minimum atomic E-state index is -0.207. The van der Waals surface area contributed by atoms with Crippen LogP contribution in [0.3, 0.4) is 0 Å². The molecule has 0 spiro atoms. The van der Waals surface area contributed by atoms with Gasteiger partial charge in [0.25, 0.3) is 0 Å². The summed E-state index contributed by atoms with van der Waals surface area (Å²) in [5, 5.41) is 11.0. The number of benzene rings is 2. The Morgan fingerprint density at radius 1 is 0.931 bits per heavy atom. The normalized spacial score (nSPS) is 15.1. The van der Waals surface area contributed by atoms with Gasteiger partial charge in [0.1, 0.15) is 12.7 Å². The van der Waals surface area contributed by atoms with Crippen molar-refractivity contribution in [3.63, 3.8) is 0 Å². The fourth-order valence-corrected chi connectivity index (χ4v) is 3.09. The molecule has 0 fully saturated rings. The zero-order valence-corrected chi connectivity index (χ0v) is 16.0. The highest BCUT2D eigenvalue weighted by Gasteiger charge is 2.21. The zero-order valence-electron chi connectivity index (χ0n) is 16.0. The number of ether oxygens (including phenoxy) is 2. The molecule has 3 aromatic rings. The van der Waals surface area contributed by atoms with Crippen LogP contribution in [0, 0.1) is 0 Å². The summed E-state index contributed by atoms with van der Waals surface area (Å²) in [5.74, 6) is 2.42. The number of hydrogen-bond acceptors (Lipinski definition) is 6. The van der Waals surface area contributed by atoms with Crippen LogP contribution >= 0.6 is 0 Å². The van der Waals surface area contributed by atoms with Crippen LogP contribution in [0.2, 0.25) is 0 Å². The van der Waals surface area contributed by atoms with E-state index in [9.17, 15) is 4.79 Å². The maximum absolute atomic E-state index is 12.1. The number of nitrogens with one attached hydrogen (secondary N) is 1. The van der Waals surface area contributed by atoms with Crippen LogP contribution in [0.4, 0.5) is 0 Å². The summed E-state index contributed by atoms with van der Waals surface area (Å²) in [6.45, 7) is 0.797. The number of carbonyl (C=O) groups excluding carboxylic acids is 1. The highest BCUT2D eigenvalue weighted by Crippen LogP contribution is 2.30. The third-order valence-corrected chi connectivity index (χ3v) is 4.64. The van der Waals surface area contributed by atoms with Crippen LogP contribution in [0.5, 0.6) is 11.5 Å². The van der Waals surface area contributed by atoms with Crippen molar-refractivity contribution in [3.8, 4) is 11.5 Å². The summed E-state index contributed by atoms with van der Waals surface area (Å²) in [7, 11) is 0. The number of rotatable bonds is 8. The monoisotopic (exact) mass is 393 g/mol. The molecule has 1 amide bonds. The third-order valence-electron chi connectivity index (χ3n) is 4.64. The highest BCUT2D eigenvalue weighted by molar-refractivity contribution is 5.76. The Kier molecular flexibility index (Phi) is 6.04. The molecule has 1 aromatic heterocycles. The summed E-state index contributed by atoms with van der Waals surface area (Å²) in [5.41, 5.74) is 1.23. The van der Waals surface area contributed by atoms with Crippen molar-refractivity contribution in [3.05, 3.63) is 71.9 Å². The number of amides is 1. The molecular weight excluding hydrogens is 370 g/mol. The van der Waals surface area contributed by atoms with E-state index < -0.39 is 0 Å². The van der Waals surface area contributed by atoms with Gasteiger partial charge in [0.05, 0.1) is 6.54 Å². The molecule has 0 aliphatic carbocycles. The van der Waals surface area contributed by atoms with Crippen LogP contribution in [0.25, 0.3) is 0 Å². The zero-order chi connectivity index (χ0) is 19.9. The van der Waals surface area contributed by atoms with Crippen LogP contribution in [0.1, 0.15) is 23.8 Å². The lowest BCUT2D eigenvalue weighted by Gasteiger charge is -2.26. The smallest absolute Gasteiger partial charge is 0.220 e. The summed E-state index contributed by atoms with van der Waals surface area (Å²) in [6.07, 6.45) is 2.01. The Hall–Kier alpha value is -3.35. The first-order valence-corrected chi connectivity index (χ1v) is 9.76. The molecule has 0 saturated heterocycles. The van der Waals surface area contributed by atoms with E-state index in [1.165, 1.54) is 5.56 Å². The highest BCUT2D eigenvalue weighted by atomic mass is 16.6. The van der Waals surface area contributed by atoms with Crippen LogP contribution < -0.4 is 14.8 Å². The van der Waals surface area contributed by atoms with Gasteiger partial charge in [-0.15, -0.1) is 10.2 Å². The molecular formula is C22H23N3O4. The molecule has 150 valence electrons. The maximum atomic E-state index is 12.1. The van der Waals surface area contributed by atoms with E-state index in [1.807, 2.05) is 42.5 Å². The second kappa shape index (κ2) is 9.23. The van der Waals surface area contributed by atoms with E-state index in [4.69, 9.17) is 13.9 Å². The molecule has 2 heterocycles. The van der Waals surface area contributed by atoms with E-state index in [2.05, 4.69) is 27.6 Å². The first kappa shape index (κ1) is 19.0. The van der Waals surface area contributed by atoms with Crippen molar-refractivity contribution >= 4 is 5.91 Å². The van der Waals surface area contributed by atoms with Gasteiger partial charge in [-0.2, -0.15) is 0 Å². The number of para-hydroxylation sites is 2. The van der Waals surface area contributed by atoms with Crippen LogP contribution in [-0.2, 0) is 24.1 Å². The SMILES string of the molecule is O=C(CCc1nnc(CCc2ccccc2)o1)NC[C@H]1COc2ccccc2O1. The molecule has 1 aliphatic rings. The van der Waals surface area contributed by atoms with Gasteiger partial charge in [-0.3, -0.25) is 4.79 Å². The molecule has 0 unspecified atom stereocenters. The van der Waals surface area contributed by atoms with Gasteiger partial charge in [0, 0.05) is 19.3 Å². The minimum absolute atomic E-state index is 0.0866. The van der Waals surface area contributed by atoms with Crippen LogP contribution in [0.15, 0.2) is 59.0 Å². The van der Waals surface area contributed by atoms with Gasteiger partial charge < -0.3 is 19.2 Å². The van der Waals surface area contributed by atoms with Gasteiger partial charge in [-0.05, 0) is 24.1 Å². The predicted molar refractivity (Wildman–Crippen MR) is 106 cm³/mol. The lowest BCUT2D eigenvalue weighted by Crippen LogP contribution is -2.40. The molecule has 1 aliphatic heterocycles. The first-order chi connectivity index (χ1) is 14.3. The lowest BCUT2D eigenvalue weighted by molar-refractivity contribution is -0.121. The average Bonchev–Trinajstić information content (AvgIpc) is 3.23. The molecule has 4 rings (SSSR count). The van der Waals surface area contributed by atoms with E-state index in [1.54, 1.807) is 0 Å². The summed E-state index contributed by atoms with van der Waals surface area (Å²) >= 11 is 0. The van der Waals surface area contributed by atoms with Crippen molar-refractivity contribution in [1.29, 1.82) is 0 Å². The van der Waals surface area contributed by atoms with Gasteiger partial charge >= 0.3 is 0 Å². The topological polar surface area (TPSA) is 86.5 Å². The molecule has 0 saturated carbocycles. The number of carbonyl (C=O) groups is 1. The van der Waals surface area contributed by atoms with Crippen molar-refractivity contribution in [2.24, 2.45) is 0 Å². The molecule has 1 atom stereocenters. The van der Waals surface area contributed by atoms with Gasteiger partial charge in [-0.1, -0.05) is 42.5 Å². The largest absolute Gasteiger partial charge is 0.486 e. The Morgan fingerprint density at radius 2 is 1.66 bits per heavy atom. The first-order valence-electron chi connectivity index (χ1n) is 9.76. The van der Waals surface area contributed by atoms with Gasteiger partial charge in [-0.25, -0.2) is 0 Å². The molecule has 1 N–H and O–H groups in total. The van der Waals surface area contributed by atoms with Gasteiger partial charge in [0.2, 0.25) is 17.7 Å². The van der Waals surface area contributed by atoms with Crippen molar-refractivity contribution in [1.82, 2.24) is 15.5 Å². The number of aromatic nitrogens is 2. The average molecular weight is 393 g/mol. The molecule has 7 heteroatoms. The minimum Gasteiger partial charge on any atom is -0.486 e. The molecule has 2 aromatic carbocycles. The second-order valence-electron chi connectivity index (χ2n) is 6.88. The quantitative estimate of drug-likeness (QED) is 0.633. The fourth-order valence-electron chi connectivity index (χ4n) is 3.09. The van der Waals surface area contributed by atoms with Crippen molar-refractivity contribution in [2.75, 3.05) is 13.2 Å². The molecule has 0 bridgehead atoms. The predicted octanol–water partition coefficient (Wildman–Crippen LogP) is 2.74. The Morgan fingerprint density at radius 3 is 2.48 bits per heavy atom. The Labute approximate surface area is 169 Å². The maximum Gasteiger partial charge on any atom is 0.220 e. The number of fused-ring (bicyclic) bond motifs is 1. The van der Waals surface area contributed by atoms with Crippen molar-refractivity contribution in [2.45, 2.75) is 31.8 Å². The summed E-state index contributed by atoms with van der Waals surface area (Å²) in [6, 6.07) is 17.7. The van der Waals surface area contributed by atoms with E-state index in [0.717, 1.165) is 12.2 Å². The van der Waals surface area contributed by atoms with E-state index >= 15 is 0 Å². The third kappa shape index (κ3) is 5.34. The Balaban J connectivity index is 1.17. The molecule has 7 nitrogen and oxygen atoms in total. The lowest BCUT2D eigenvalue weighted by atomic mass is 10.1.